The summed E-state index contributed by atoms with van der Waals surface area (Å²) in [6.07, 6.45) is 5.53. The molecule has 0 atom stereocenters. The molecule has 0 unspecified atom stereocenters. The summed E-state index contributed by atoms with van der Waals surface area (Å²) in [6.45, 7) is 3.36. The first-order valence-electron chi connectivity index (χ1n) is 9.01. The first-order chi connectivity index (χ1) is 12.3. The summed E-state index contributed by atoms with van der Waals surface area (Å²) in [5.74, 6) is -0.818. The molecule has 0 aromatic carbocycles. The van der Waals surface area contributed by atoms with E-state index in [1.54, 1.807) is 7.05 Å². The van der Waals surface area contributed by atoms with Crippen LogP contribution in [0.4, 0.5) is 0 Å². The fourth-order valence-electron chi connectivity index (χ4n) is 3.16. The average Bonchev–Trinajstić information content (AvgIpc) is 3.01. The molecule has 1 saturated heterocycles. The Hall–Kier alpha value is -1.87. The van der Waals surface area contributed by atoms with Gasteiger partial charge < -0.3 is 15.6 Å². The number of hydrogen-bond acceptors (Lipinski definition) is 4. The van der Waals surface area contributed by atoms with Crippen LogP contribution in [0.2, 0.25) is 0 Å². The second-order valence-electron chi connectivity index (χ2n) is 6.71. The quantitative estimate of drug-likeness (QED) is 0.646. The zero-order chi connectivity index (χ0) is 19.3. The maximum Gasteiger partial charge on any atom is 0.265 e. The summed E-state index contributed by atoms with van der Waals surface area (Å²) in [4.78, 5) is 23.6. The van der Waals surface area contributed by atoms with Crippen molar-refractivity contribution in [3.05, 3.63) is 18.0 Å². The molecule has 1 aliphatic rings. The molecule has 0 aliphatic carbocycles. The molecule has 8 nitrogen and oxygen atoms in total. The third-order valence-electron chi connectivity index (χ3n) is 4.77. The molecule has 0 spiro atoms. The summed E-state index contributed by atoms with van der Waals surface area (Å²) in [5, 5.41) is 2.93. The molecule has 146 valence electrons. The highest BCUT2D eigenvalue weighted by atomic mass is 32.2. The number of piperidine rings is 1. The van der Waals surface area contributed by atoms with Gasteiger partial charge in [0.25, 0.3) is 5.91 Å². The van der Waals surface area contributed by atoms with Crippen molar-refractivity contribution in [2.45, 2.75) is 43.9 Å². The molecule has 3 N–H and O–H groups in total. The van der Waals surface area contributed by atoms with Crippen LogP contribution in [-0.2, 0) is 21.9 Å². The summed E-state index contributed by atoms with van der Waals surface area (Å²) in [7, 11) is -2.12. The Morgan fingerprint density at radius 1 is 1.27 bits per heavy atom. The standard InChI is InChI=1S/C17H28N4O4S/c1-3-4-5-8-19-17(23)13-6-9-21(10-7-13)26(24,25)14-11-15(16(18)22)20(2)12-14/h11-13H,3-10H2,1-2H3,(H2,18,22)(H,19,23). The van der Waals surface area contributed by atoms with Crippen LogP contribution < -0.4 is 11.1 Å². The van der Waals surface area contributed by atoms with Crippen molar-refractivity contribution in [1.29, 1.82) is 0 Å². The maximum atomic E-state index is 12.8. The smallest absolute Gasteiger partial charge is 0.265 e. The van der Waals surface area contributed by atoms with E-state index in [0.29, 0.717) is 19.4 Å². The number of nitrogens with one attached hydrogen (secondary N) is 1. The van der Waals surface area contributed by atoms with Gasteiger partial charge in [0.05, 0.1) is 0 Å². The molecule has 1 aliphatic heterocycles. The van der Waals surface area contributed by atoms with E-state index in [2.05, 4.69) is 12.2 Å². The van der Waals surface area contributed by atoms with Crippen LogP contribution >= 0.6 is 0 Å². The van der Waals surface area contributed by atoms with Crippen molar-refractivity contribution in [3.63, 3.8) is 0 Å². The number of rotatable bonds is 8. The highest BCUT2D eigenvalue weighted by Gasteiger charge is 2.33. The number of aryl methyl sites for hydroxylation is 1. The number of nitrogens with zero attached hydrogens (tertiary/aromatic N) is 2. The second kappa shape index (κ2) is 8.68. The van der Waals surface area contributed by atoms with Gasteiger partial charge in [0.15, 0.2) is 0 Å². The van der Waals surface area contributed by atoms with Gasteiger partial charge in [-0.1, -0.05) is 19.8 Å². The molecular formula is C17H28N4O4S. The highest BCUT2D eigenvalue weighted by molar-refractivity contribution is 7.89. The number of carbonyl (C=O) groups is 2. The lowest BCUT2D eigenvalue weighted by Crippen LogP contribution is -2.43. The number of carbonyl (C=O) groups excluding carboxylic acids is 2. The van der Waals surface area contributed by atoms with Gasteiger partial charge in [0.2, 0.25) is 15.9 Å². The number of sulfonamides is 1. The van der Waals surface area contributed by atoms with Crippen molar-refractivity contribution < 1.29 is 18.0 Å². The lowest BCUT2D eigenvalue weighted by atomic mass is 9.97. The number of primary amides is 1. The summed E-state index contributed by atoms with van der Waals surface area (Å²) >= 11 is 0. The van der Waals surface area contributed by atoms with Gasteiger partial charge in [-0.05, 0) is 25.3 Å². The van der Waals surface area contributed by atoms with Crippen LogP contribution in [0.1, 0.15) is 49.5 Å². The first kappa shape index (κ1) is 20.4. The van der Waals surface area contributed by atoms with Crippen LogP contribution in [0.15, 0.2) is 17.2 Å². The van der Waals surface area contributed by atoms with Gasteiger partial charge in [-0.15, -0.1) is 0 Å². The van der Waals surface area contributed by atoms with Gasteiger partial charge in [-0.25, -0.2) is 8.42 Å². The van der Waals surface area contributed by atoms with Gasteiger partial charge in [0.1, 0.15) is 10.6 Å². The van der Waals surface area contributed by atoms with Crippen molar-refractivity contribution in [1.82, 2.24) is 14.2 Å². The summed E-state index contributed by atoms with van der Waals surface area (Å²) < 4.78 is 28.3. The first-order valence-corrected chi connectivity index (χ1v) is 10.5. The Kier molecular flexibility index (Phi) is 6.82. The Labute approximate surface area is 154 Å². The Morgan fingerprint density at radius 3 is 2.46 bits per heavy atom. The van der Waals surface area contributed by atoms with Crippen LogP contribution in [0, 0.1) is 5.92 Å². The molecule has 1 fully saturated rings. The Bertz CT molecular complexity index is 749. The van der Waals surface area contributed by atoms with Crippen LogP contribution in [0.25, 0.3) is 0 Å². The molecule has 0 saturated carbocycles. The molecule has 26 heavy (non-hydrogen) atoms. The molecule has 2 heterocycles. The van der Waals surface area contributed by atoms with Gasteiger partial charge >= 0.3 is 0 Å². The largest absolute Gasteiger partial charge is 0.364 e. The van der Waals surface area contributed by atoms with E-state index in [-0.39, 0.29) is 35.5 Å². The number of amides is 2. The molecule has 1 aromatic rings. The predicted octanol–water partition coefficient (Wildman–Crippen LogP) is 0.831. The van der Waals surface area contributed by atoms with Gasteiger partial charge in [-0.2, -0.15) is 4.31 Å². The van der Waals surface area contributed by atoms with Crippen molar-refractivity contribution in [3.8, 4) is 0 Å². The van der Waals surface area contributed by atoms with Crippen molar-refractivity contribution in [2.75, 3.05) is 19.6 Å². The Balaban J connectivity index is 1.95. The number of hydrogen-bond donors (Lipinski definition) is 2. The zero-order valence-electron chi connectivity index (χ0n) is 15.4. The minimum atomic E-state index is -3.70. The van der Waals surface area contributed by atoms with E-state index >= 15 is 0 Å². The van der Waals surface area contributed by atoms with E-state index in [1.807, 2.05) is 0 Å². The molecule has 1 aromatic heterocycles. The van der Waals surface area contributed by atoms with Crippen LogP contribution in [-0.4, -0.2) is 48.7 Å². The highest BCUT2D eigenvalue weighted by Crippen LogP contribution is 2.25. The van der Waals surface area contributed by atoms with Gasteiger partial charge in [-0.3, -0.25) is 9.59 Å². The van der Waals surface area contributed by atoms with E-state index in [0.717, 1.165) is 19.3 Å². The van der Waals surface area contributed by atoms with E-state index in [9.17, 15) is 18.0 Å². The molecule has 9 heteroatoms. The summed E-state index contributed by atoms with van der Waals surface area (Å²) in [5.41, 5.74) is 5.39. The fraction of sp³-hybridized carbons (Fsp3) is 0.647. The Morgan fingerprint density at radius 2 is 1.92 bits per heavy atom. The molecule has 0 radical (unpaired) electrons. The van der Waals surface area contributed by atoms with E-state index in [4.69, 9.17) is 5.73 Å². The minimum Gasteiger partial charge on any atom is -0.364 e. The van der Waals surface area contributed by atoms with Crippen molar-refractivity contribution >= 4 is 21.8 Å². The lowest BCUT2D eigenvalue weighted by Gasteiger charge is -2.30. The zero-order valence-corrected chi connectivity index (χ0v) is 16.2. The lowest BCUT2D eigenvalue weighted by molar-refractivity contribution is -0.126. The molecule has 2 amide bonds. The van der Waals surface area contributed by atoms with Crippen LogP contribution in [0.5, 0.6) is 0 Å². The van der Waals surface area contributed by atoms with Crippen molar-refractivity contribution in [2.24, 2.45) is 18.7 Å². The molecule has 2 rings (SSSR count). The average molecular weight is 385 g/mol. The second-order valence-corrected chi connectivity index (χ2v) is 8.65. The summed E-state index contributed by atoms with van der Waals surface area (Å²) in [6, 6.07) is 1.30. The number of unbranched alkanes of at least 4 members (excludes halogenated alkanes) is 2. The fourth-order valence-corrected chi connectivity index (χ4v) is 4.70. The number of aromatic nitrogens is 1. The third-order valence-corrected chi connectivity index (χ3v) is 6.64. The third kappa shape index (κ3) is 4.64. The maximum absolute atomic E-state index is 12.8. The molecule has 0 bridgehead atoms. The van der Waals surface area contributed by atoms with Gasteiger partial charge in [0, 0.05) is 38.8 Å². The predicted molar refractivity (Wildman–Crippen MR) is 97.9 cm³/mol. The molecular weight excluding hydrogens is 356 g/mol. The van der Waals surface area contributed by atoms with Crippen LogP contribution in [0.3, 0.4) is 0 Å². The monoisotopic (exact) mass is 384 g/mol. The van der Waals surface area contributed by atoms with E-state index < -0.39 is 15.9 Å². The van der Waals surface area contributed by atoms with E-state index in [1.165, 1.54) is 21.1 Å². The topological polar surface area (TPSA) is 114 Å². The normalized spacial score (nSPS) is 16.5. The number of nitrogens with two attached hydrogens (primary N) is 1. The SMILES string of the molecule is CCCCCNC(=O)C1CCN(S(=O)(=O)c2cc(C(N)=O)n(C)c2)CC1. The minimum absolute atomic E-state index is 0.00822.